The van der Waals surface area contributed by atoms with Crippen molar-refractivity contribution < 1.29 is 14.7 Å². The summed E-state index contributed by atoms with van der Waals surface area (Å²) in [5, 5.41) is 12.6. The average Bonchev–Trinajstić information content (AvgIpc) is 3.29. The zero-order valence-corrected chi connectivity index (χ0v) is 15.1. The summed E-state index contributed by atoms with van der Waals surface area (Å²) in [5.74, 6) is 3.57. The molecule has 8 atom stereocenters. The summed E-state index contributed by atoms with van der Waals surface area (Å²) in [5.41, 5.74) is 1.89. The van der Waals surface area contributed by atoms with E-state index in [-0.39, 0.29) is 17.0 Å². The molecule has 6 rings (SSSR count). The molecular weight excluding hydrogens is 326 g/mol. The number of nitrogens with zero attached hydrogens (tertiary/aromatic N) is 1. The van der Waals surface area contributed by atoms with E-state index < -0.39 is 0 Å². The first-order valence-electron chi connectivity index (χ1n) is 10.1. The predicted octanol–water partition coefficient (Wildman–Crippen LogP) is 3.87. The third-order valence-corrected chi connectivity index (χ3v) is 8.75. The summed E-state index contributed by atoms with van der Waals surface area (Å²) in [7, 11) is 0. The summed E-state index contributed by atoms with van der Waals surface area (Å²) in [6.45, 7) is 2.39. The van der Waals surface area contributed by atoms with Crippen LogP contribution in [0.5, 0.6) is 0 Å². The highest BCUT2D eigenvalue weighted by Gasteiger charge is 2.77. The van der Waals surface area contributed by atoms with Crippen LogP contribution >= 0.6 is 0 Å². The first-order chi connectivity index (χ1) is 12.6. The summed E-state index contributed by atoms with van der Waals surface area (Å²) >= 11 is 0. The number of oxime groups is 1. The standard InChI is InChI=1S/C22H25NO3/c1-21-8-6-15-14-5-3-13(23-25)10-12(14)2-4-16(15)20(21)17-11-18(17)22(21)9-7-19(24)26-22/h2,4,7,9-10,14-18,20,25H,3,5-6,8,11H2,1H3/b23-13+/t14-,15?,16?,17?,18?,20?,21-,22-/m0/s1. The van der Waals surface area contributed by atoms with E-state index in [1.54, 1.807) is 6.08 Å². The Morgan fingerprint density at radius 3 is 2.92 bits per heavy atom. The van der Waals surface area contributed by atoms with E-state index in [0.29, 0.717) is 35.5 Å². The molecule has 3 saturated carbocycles. The van der Waals surface area contributed by atoms with Crippen LogP contribution in [0.15, 0.2) is 41.1 Å². The van der Waals surface area contributed by atoms with Crippen molar-refractivity contribution in [2.75, 3.05) is 0 Å². The van der Waals surface area contributed by atoms with Crippen LogP contribution in [0.4, 0.5) is 0 Å². The van der Waals surface area contributed by atoms with E-state index in [9.17, 15) is 4.79 Å². The van der Waals surface area contributed by atoms with Crippen LogP contribution < -0.4 is 0 Å². The Labute approximate surface area is 153 Å². The zero-order chi connectivity index (χ0) is 17.7. The molecule has 4 nitrogen and oxygen atoms in total. The minimum absolute atomic E-state index is 0.0718. The molecule has 6 aliphatic rings. The monoisotopic (exact) mass is 351 g/mol. The van der Waals surface area contributed by atoms with Crippen LogP contribution in [0.3, 0.4) is 0 Å². The molecule has 4 heteroatoms. The maximum Gasteiger partial charge on any atom is 0.331 e. The number of hydrogen-bond donors (Lipinski definition) is 1. The van der Waals surface area contributed by atoms with Gasteiger partial charge in [0.25, 0.3) is 0 Å². The van der Waals surface area contributed by atoms with Gasteiger partial charge in [-0.3, -0.25) is 0 Å². The lowest BCUT2D eigenvalue weighted by atomic mass is 9.50. The number of carbonyl (C=O) groups excluding carboxylic acids is 1. The molecular formula is C22H25NO3. The van der Waals surface area contributed by atoms with E-state index in [4.69, 9.17) is 9.94 Å². The van der Waals surface area contributed by atoms with Gasteiger partial charge < -0.3 is 9.94 Å². The SMILES string of the molecule is C[C@]12CCC3C(C=CC4=C/C(=N/O)CC[C@@H]43)C1C1CC1[C@@]21C=CC(=O)O1. The van der Waals surface area contributed by atoms with Crippen LogP contribution in [-0.2, 0) is 9.53 Å². The minimum atomic E-state index is -0.336. The minimum Gasteiger partial charge on any atom is -0.451 e. The maximum absolute atomic E-state index is 12.0. The average molecular weight is 351 g/mol. The number of esters is 1. The van der Waals surface area contributed by atoms with Gasteiger partial charge in [0, 0.05) is 17.4 Å². The first-order valence-corrected chi connectivity index (χ1v) is 10.1. The second-order valence-corrected chi connectivity index (χ2v) is 9.52. The Bertz CT molecular complexity index is 823. The smallest absolute Gasteiger partial charge is 0.331 e. The van der Waals surface area contributed by atoms with E-state index >= 15 is 0 Å². The highest BCUT2D eigenvalue weighted by molar-refractivity contribution is 5.96. The normalized spacial score (nSPS) is 54.4. The summed E-state index contributed by atoms with van der Waals surface area (Å²) < 4.78 is 6.02. The van der Waals surface area contributed by atoms with Gasteiger partial charge in [-0.1, -0.05) is 24.2 Å². The molecule has 0 radical (unpaired) electrons. The third kappa shape index (κ3) is 1.62. The number of rotatable bonds is 0. The van der Waals surface area contributed by atoms with Crippen molar-refractivity contribution in [3.63, 3.8) is 0 Å². The highest BCUT2D eigenvalue weighted by Crippen LogP contribution is 2.77. The largest absolute Gasteiger partial charge is 0.451 e. The van der Waals surface area contributed by atoms with Crippen molar-refractivity contribution in [3.05, 3.63) is 36.0 Å². The first kappa shape index (κ1) is 15.2. The molecule has 5 unspecified atom stereocenters. The van der Waals surface area contributed by atoms with Crippen LogP contribution in [0, 0.1) is 40.9 Å². The molecule has 3 fully saturated rings. The van der Waals surface area contributed by atoms with Crippen LogP contribution in [-0.4, -0.2) is 22.5 Å². The van der Waals surface area contributed by atoms with Gasteiger partial charge in [-0.25, -0.2) is 4.79 Å². The van der Waals surface area contributed by atoms with E-state index in [0.717, 1.165) is 25.0 Å². The van der Waals surface area contributed by atoms with Crippen LogP contribution in [0.1, 0.15) is 39.0 Å². The molecule has 1 N–H and O–H groups in total. The number of ether oxygens (including phenoxy) is 1. The third-order valence-electron chi connectivity index (χ3n) is 8.75. The van der Waals surface area contributed by atoms with Crippen molar-refractivity contribution in [1.29, 1.82) is 0 Å². The predicted molar refractivity (Wildman–Crippen MR) is 96.5 cm³/mol. The van der Waals surface area contributed by atoms with Crippen molar-refractivity contribution in [2.45, 2.75) is 44.6 Å². The number of fused-ring (bicyclic) bond motifs is 9. The van der Waals surface area contributed by atoms with Gasteiger partial charge in [0.2, 0.25) is 0 Å². The molecule has 0 bridgehead atoms. The molecule has 1 heterocycles. The molecule has 136 valence electrons. The van der Waals surface area contributed by atoms with Crippen molar-refractivity contribution in [3.8, 4) is 0 Å². The Morgan fingerprint density at radius 2 is 2.15 bits per heavy atom. The van der Waals surface area contributed by atoms with Gasteiger partial charge in [-0.05, 0) is 79.4 Å². The highest BCUT2D eigenvalue weighted by atomic mass is 16.6. The second-order valence-electron chi connectivity index (χ2n) is 9.52. The van der Waals surface area contributed by atoms with Crippen molar-refractivity contribution >= 4 is 11.7 Å². The molecule has 0 saturated heterocycles. The maximum atomic E-state index is 12.0. The topological polar surface area (TPSA) is 58.9 Å². The second kappa shape index (κ2) is 4.71. The lowest BCUT2D eigenvalue weighted by molar-refractivity contribution is -0.165. The Morgan fingerprint density at radius 1 is 1.27 bits per heavy atom. The molecule has 0 aromatic carbocycles. The van der Waals surface area contributed by atoms with Gasteiger partial charge in [0.05, 0.1) is 5.71 Å². The lowest BCUT2D eigenvalue weighted by Gasteiger charge is -2.55. The van der Waals surface area contributed by atoms with Gasteiger partial charge in [0.1, 0.15) is 5.60 Å². The van der Waals surface area contributed by atoms with Gasteiger partial charge in [-0.15, -0.1) is 0 Å². The summed E-state index contributed by atoms with van der Waals surface area (Å²) in [4.78, 5) is 12.0. The fourth-order valence-corrected chi connectivity index (χ4v) is 7.70. The van der Waals surface area contributed by atoms with E-state index in [1.165, 1.54) is 18.4 Å². The Kier molecular flexibility index (Phi) is 2.76. The van der Waals surface area contributed by atoms with E-state index in [2.05, 4.69) is 36.4 Å². The van der Waals surface area contributed by atoms with Crippen LogP contribution in [0.25, 0.3) is 0 Å². The molecule has 5 aliphatic carbocycles. The molecule has 0 amide bonds. The Balaban J connectivity index is 1.40. The lowest BCUT2D eigenvalue weighted by Crippen LogP contribution is -2.54. The summed E-state index contributed by atoms with van der Waals surface area (Å²) in [6.07, 6.45) is 16.1. The Hall–Kier alpha value is -1.84. The fourth-order valence-electron chi connectivity index (χ4n) is 7.70. The molecule has 26 heavy (non-hydrogen) atoms. The van der Waals surface area contributed by atoms with Gasteiger partial charge in [0.15, 0.2) is 0 Å². The van der Waals surface area contributed by atoms with Gasteiger partial charge >= 0.3 is 5.97 Å². The quantitative estimate of drug-likeness (QED) is 0.409. The number of hydrogen-bond acceptors (Lipinski definition) is 4. The molecule has 1 aliphatic heterocycles. The molecule has 0 aromatic heterocycles. The fraction of sp³-hybridized carbons (Fsp3) is 0.636. The van der Waals surface area contributed by atoms with Crippen LogP contribution in [0.2, 0.25) is 0 Å². The van der Waals surface area contributed by atoms with Gasteiger partial charge in [-0.2, -0.15) is 0 Å². The molecule has 1 spiro atoms. The number of carbonyl (C=O) groups is 1. The van der Waals surface area contributed by atoms with E-state index in [1.807, 2.05) is 0 Å². The van der Waals surface area contributed by atoms with Crippen molar-refractivity contribution in [1.82, 2.24) is 0 Å². The zero-order valence-electron chi connectivity index (χ0n) is 15.1. The summed E-state index contributed by atoms with van der Waals surface area (Å²) in [6, 6.07) is 0. The molecule has 0 aromatic rings. The van der Waals surface area contributed by atoms with Crippen molar-refractivity contribution in [2.24, 2.45) is 46.1 Å². The number of allylic oxidation sites excluding steroid dienone is 4.